The van der Waals surface area contributed by atoms with Gasteiger partial charge in [-0.2, -0.15) is 0 Å². The zero-order valence-electron chi connectivity index (χ0n) is 7.61. The van der Waals surface area contributed by atoms with Gasteiger partial charge in [0.05, 0.1) is 0 Å². The van der Waals surface area contributed by atoms with E-state index < -0.39 is 0 Å². The number of aliphatic imine (C=N–C) groups is 1. The number of halogens is 1. The van der Waals surface area contributed by atoms with E-state index in [4.69, 9.17) is 16.0 Å². The standard InChI is InChI=1S/C11H6ClNO2/c12-9-3-1-8(2-4-9)10-5-6-11(15-10)13-7-14/h1-6H. The number of benzene rings is 1. The van der Waals surface area contributed by atoms with E-state index in [0.29, 0.717) is 10.8 Å². The molecule has 0 spiro atoms. The van der Waals surface area contributed by atoms with Crippen LogP contribution in [0.5, 0.6) is 0 Å². The lowest BCUT2D eigenvalue weighted by molar-refractivity contribution is 0.558. The molecule has 74 valence electrons. The van der Waals surface area contributed by atoms with Gasteiger partial charge in [-0.3, -0.25) is 0 Å². The van der Waals surface area contributed by atoms with Gasteiger partial charge in [0.15, 0.2) is 0 Å². The summed E-state index contributed by atoms with van der Waals surface area (Å²) in [6, 6.07) is 10.5. The number of furan rings is 1. The molecule has 0 saturated heterocycles. The summed E-state index contributed by atoms with van der Waals surface area (Å²) < 4.78 is 5.28. The molecule has 0 radical (unpaired) electrons. The molecule has 0 atom stereocenters. The summed E-state index contributed by atoms with van der Waals surface area (Å²) in [4.78, 5) is 13.4. The van der Waals surface area contributed by atoms with Gasteiger partial charge in [0.2, 0.25) is 12.0 Å². The molecule has 0 unspecified atom stereocenters. The molecule has 4 heteroatoms. The highest BCUT2D eigenvalue weighted by molar-refractivity contribution is 6.30. The van der Waals surface area contributed by atoms with Crippen LogP contribution in [0, 0.1) is 0 Å². The van der Waals surface area contributed by atoms with Crippen LogP contribution in [0.3, 0.4) is 0 Å². The minimum atomic E-state index is 0.245. The van der Waals surface area contributed by atoms with E-state index >= 15 is 0 Å². The van der Waals surface area contributed by atoms with Crippen LogP contribution in [0.4, 0.5) is 5.88 Å². The maximum atomic E-state index is 10.00. The number of isocyanates is 1. The van der Waals surface area contributed by atoms with E-state index in [9.17, 15) is 4.79 Å². The quantitative estimate of drug-likeness (QED) is 0.572. The van der Waals surface area contributed by atoms with Gasteiger partial charge in [-0.15, -0.1) is 4.99 Å². The second-order valence-corrected chi connectivity index (χ2v) is 3.28. The fraction of sp³-hybridized carbons (Fsp3) is 0. The molecule has 1 heterocycles. The first-order chi connectivity index (χ1) is 7.29. The lowest BCUT2D eigenvalue weighted by Crippen LogP contribution is -1.71. The van der Waals surface area contributed by atoms with Crippen molar-refractivity contribution in [3.05, 3.63) is 41.4 Å². The van der Waals surface area contributed by atoms with Crippen LogP contribution in [0.25, 0.3) is 11.3 Å². The third-order valence-corrected chi connectivity index (χ3v) is 2.13. The van der Waals surface area contributed by atoms with Crippen molar-refractivity contribution in [3.8, 4) is 11.3 Å². The number of nitrogens with zero attached hydrogens (tertiary/aromatic N) is 1. The molecule has 0 fully saturated rings. The Bertz CT molecular complexity index is 510. The fourth-order valence-electron chi connectivity index (χ4n) is 1.20. The van der Waals surface area contributed by atoms with Crippen LogP contribution in [-0.2, 0) is 4.79 Å². The molecule has 0 amide bonds. The van der Waals surface area contributed by atoms with Gasteiger partial charge in [-0.25, -0.2) is 4.79 Å². The summed E-state index contributed by atoms with van der Waals surface area (Å²) in [7, 11) is 0. The van der Waals surface area contributed by atoms with Crippen molar-refractivity contribution in [1.29, 1.82) is 0 Å². The van der Waals surface area contributed by atoms with Gasteiger partial charge >= 0.3 is 0 Å². The van der Waals surface area contributed by atoms with Crippen molar-refractivity contribution >= 4 is 23.6 Å². The molecule has 2 aromatic rings. The Kier molecular flexibility index (Phi) is 2.68. The maximum absolute atomic E-state index is 10.00. The van der Waals surface area contributed by atoms with E-state index in [-0.39, 0.29) is 5.88 Å². The largest absolute Gasteiger partial charge is 0.438 e. The average molecular weight is 220 g/mol. The number of rotatable bonds is 2. The zero-order valence-corrected chi connectivity index (χ0v) is 8.36. The normalized spacial score (nSPS) is 9.67. The Morgan fingerprint density at radius 2 is 1.87 bits per heavy atom. The number of hydrogen-bond donors (Lipinski definition) is 0. The van der Waals surface area contributed by atoms with Crippen molar-refractivity contribution in [2.75, 3.05) is 0 Å². The van der Waals surface area contributed by atoms with Gasteiger partial charge in [0.1, 0.15) is 5.76 Å². The first kappa shape index (κ1) is 9.71. The van der Waals surface area contributed by atoms with Gasteiger partial charge in [-0.05, 0) is 30.3 Å². The molecule has 15 heavy (non-hydrogen) atoms. The second-order valence-electron chi connectivity index (χ2n) is 2.85. The van der Waals surface area contributed by atoms with Crippen molar-refractivity contribution in [3.63, 3.8) is 0 Å². The molecular formula is C11H6ClNO2. The van der Waals surface area contributed by atoms with Gasteiger partial charge < -0.3 is 4.42 Å². The molecule has 3 nitrogen and oxygen atoms in total. The molecule has 2 rings (SSSR count). The van der Waals surface area contributed by atoms with Gasteiger partial charge in [0, 0.05) is 16.7 Å². The van der Waals surface area contributed by atoms with E-state index in [2.05, 4.69) is 4.99 Å². The van der Waals surface area contributed by atoms with Crippen LogP contribution in [0.2, 0.25) is 5.02 Å². The number of hydrogen-bond acceptors (Lipinski definition) is 3. The predicted octanol–water partition coefficient (Wildman–Crippen LogP) is 3.57. The molecule has 1 aromatic carbocycles. The summed E-state index contributed by atoms with van der Waals surface area (Å²) in [6.07, 6.45) is 1.42. The van der Waals surface area contributed by atoms with Gasteiger partial charge in [-0.1, -0.05) is 11.6 Å². The molecule has 1 aromatic heterocycles. The summed E-state index contributed by atoms with van der Waals surface area (Å²) in [5, 5.41) is 0.663. The fourth-order valence-corrected chi connectivity index (χ4v) is 1.33. The molecule has 0 saturated carbocycles. The first-order valence-electron chi connectivity index (χ1n) is 4.23. The Labute approximate surface area is 91.0 Å². The lowest BCUT2D eigenvalue weighted by atomic mass is 10.2. The highest BCUT2D eigenvalue weighted by Crippen LogP contribution is 2.26. The smallest absolute Gasteiger partial charge is 0.243 e. The topological polar surface area (TPSA) is 42.6 Å². The van der Waals surface area contributed by atoms with Gasteiger partial charge in [0.25, 0.3) is 0 Å². The van der Waals surface area contributed by atoms with E-state index in [1.807, 2.05) is 12.1 Å². The summed E-state index contributed by atoms with van der Waals surface area (Å²) in [5.41, 5.74) is 0.881. The molecule has 0 aliphatic heterocycles. The van der Waals surface area contributed by atoms with Crippen LogP contribution in [0.15, 0.2) is 45.8 Å². The Morgan fingerprint density at radius 1 is 1.13 bits per heavy atom. The molecule has 0 N–H and O–H groups in total. The molecule has 0 aliphatic carbocycles. The highest BCUT2D eigenvalue weighted by atomic mass is 35.5. The summed E-state index contributed by atoms with van der Waals surface area (Å²) in [6.45, 7) is 0. The first-order valence-corrected chi connectivity index (χ1v) is 4.61. The second kappa shape index (κ2) is 4.13. The minimum absolute atomic E-state index is 0.245. The van der Waals surface area contributed by atoms with E-state index in [0.717, 1.165) is 5.56 Å². The summed E-state index contributed by atoms with van der Waals surface area (Å²) in [5.74, 6) is 0.885. The third-order valence-electron chi connectivity index (χ3n) is 1.88. The Balaban J connectivity index is 2.37. The SMILES string of the molecule is O=C=Nc1ccc(-c2ccc(Cl)cc2)o1. The van der Waals surface area contributed by atoms with Crippen LogP contribution >= 0.6 is 11.6 Å². The number of carbonyl (C=O) groups excluding carboxylic acids is 1. The molecule has 0 aliphatic rings. The summed E-state index contributed by atoms with van der Waals surface area (Å²) >= 11 is 5.75. The van der Waals surface area contributed by atoms with Crippen LogP contribution in [-0.4, -0.2) is 6.08 Å². The minimum Gasteiger partial charge on any atom is -0.438 e. The monoisotopic (exact) mass is 219 g/mol. The predicted molar refractivity (Wildman–Crippen MR) is 56.9 cm³/mol. The van der Waals surface area contributed by atoms with Crippen LogP contribution in [0.1, 0.15) is 0 Å². The van der Waals surface area contributed by atoms with Crippen molar-refractivity contribution in [2.24, 2.45) is 4.99 Å². The Morgan fingerprint density at radius 3 is 2.53 bits per heavy atom. The lowest BCUT2D eigenvalue weighted by Gasteiger charge is -1.95. The van der Waals surface area contributed by atoms with E-state index in [1.54, 1.807) is 24.3 Å². The molecule has 0 bridgehead atoms. The van der Waals surface area contributed by atoms with Crippen molar-refractivity contribution in [1.82, 2.24) is 0 Å². The molecular weight excluding hydrogens is 214 g/mol. The van der Waals surface area contributed by atoms with Crippen molar-refractivity contribution < 1.29 is 9.21 Å². The maximum Gasteiger partial charge on any atom is 0.243 e. The highest BCUT2D eigenvalue weighted by Gasteiger charge is 2.03. The Hall–Kier alpha value is -1.83. The third kappa shape index (κ3) is 2.15. The van der Waals surface area contributed by atoms with Crippen LogP contribution < -0.4 is 0 Å². The average Bonchev–Trinajstić information content (AvgIpc) is 2.68. The van der Waals surface area contributed by atoms with E-state index in [1.165, 1.54) is 6.08 Å². The zero-order chi connectivity index (χ0) is 10.7. The van der Waals surface area contributed by atoms with Crippen molar-refractivity contribution in [2.45, 2.75) is 0 Å².